The fourth-order valence-corrected chi connectivity index (χ4v) is 5.43. The highest BCUT2D eigenvalue weighted by Gasteiger charge is 2.29. The average molecular weight is 571 g/mol. The van der Waals surface area contributed by atoms with Crippen LogP contribution in [0.2, 0.25) is 10.0 Å². The molecule has 0 radical (unpaired) electrons. The van der Waals surface area contributed by atoms with Crippen molar-refractivity contribution in [3.05, 3.63) is 63.6 Å². The first-order valence-corrected chi connectivity index (χ1v) is 15.1. The molecule has 2 rings (SSSR count). The highest BCUT2D eigenvalue weighted by Crippen LogP contribution is 2.25. The Morgan fingerprint density at radius 2 is 1.73 bits per heavy atom. The third-order valence-corrected chi connectivity index (χ3v) is 8.01. The Hall–Kier alpha value is -2.29. The van der Waals surface area contributed by atoms with Gasteiger partial charge in [-0.05, 0) is 55.5 Å². The molecule has 10 heteroatoms. The summed E-state index contributed by atoms with van der Waals surface area (Å²) in [6.45, 7) is 6.63. The molecule has 0 fully saturated rings. The zero-order chi connectivity index (χ0) is 27.6. The molecule has 1 atom stereocenters. The molecule has 7 nitrogen and oxygen atoms in total. The predicted molar refractivity (Wildman–Crippen MR) is 152 cm³/mol. The number of sulfonamides is 1. The average Bonchev–Trinajstić information content (AvgIpc) is 2.84. The fourth-order valence-electron chi connectivity index (χ4n) is 4.09. The van der Waals surface area contributed by atoms with Gasteiger partial charge in [0.25, 0.3) is 0 Å². The maximum atomic E-state index is 13.5. The van der Waals surface area contributed by atoms with Crippen LogP contribution in [0.15, 0.2) is 42.5 Å². The van der Waals surface area contributed by atoms with E-state index >= 15 is 0 Å². The van der Waals surface area contributed by atoms with Crippen LogP contribution in [0, 0.1) is 6.92 Å². The van der Waals surface area contributed by atoms with Gasteiger partial charge in [0.1, 0.15) is 6.04 Å². The SMILES string of the molecule is CCCCNC(=O)C(CC)N(Cc1ccc(Cl)c(Cl)c1)C(=O)CCCN(c1ccccc1C)S(C)(=O)=O. The molecular formula is C27H37Cl2N3O4S. The molecule has 0 saturated heterocycles. The molecule has 0 spiro atoms. The quantitative estimate of drug-likeness (QED) is 0.301. The Labute approximate surface area is 231 Å². The second kappa shape index (κ2) is 14.6. The van der Waals surface area contributed by atoms with E-state index in [-0.39, 0.29) is 31.3 Å². The molecule has 1 N–H and O–H groups in total. The van der Waals surface area contributed by atoms with Gasteiger partial charge in [-0.2, -0.15) is 0 Å². The molecule has 0 heterocycles. The van der Waals surface area contributed by atoms with Crippen LogP contribution in [-0.4, -0.2) is 50.5 Å². The van der Waals surface area contributed by atoms with Crippen LogP contribution in [0.3, 0.4) is 0 Å². The first-order valence-electron chi connectivity index (χ1n) is 12.5. The molecular weight excluding hydrogens is 533 g/mol. The Morgan fingerprint density at radius 1 is 1.03 bits per heavy atom. The van der Waals surface area contributed by atoms with E-state index in [0.29, 0.717) is 35.1 Å². The number of carbonyl (C=O) groups is 2. The van der Waals surface area contributed by atoms with E-state index in [4.69, 9.17) is 23.2 Å². The molecule has 0 aliphatic carbocycles. The molecule has 2 aromatic rings. The minimum atomic E-state index is -3.55. The number of hydrogen-bond donors (Lipinski definition) is 1. The van der Waals surface area contributed by atoms with Crippen LogP contribution >= 0.6 is 23.2 Å². The lowest BCUT2D eigenvalue weighted by Gasteiger charge is -2.31. The highest BCUT2D eigenvalue weighted by atomic mass is 35.5. The van der Waals surface area contributed by atoms with E-state index in [2.05, 4.69) is 5.32 Å². The topological polar surface area (TPSA) is 86.8 Å². The number of aryl methyl sites for hydroxylation is 1. The number of hydrogen-bond acceptors (Lipinski definition) is 4. The van der Waals surface area contributed by atoms with E-state index in [9.17, 15) is 18.0 Å². The minimum absolute atomic E-state index is 0.0813. The fraction of sp³-hybridized carbons (Fsp3) is 0.481. The van der Waals surface area contributed by atoms with Gasteiger partial charge in [-0.25, -0.2) is 8.42 Å². The Kier molecular flexibility index (Phi) is 12.2. The lowest BCUT2D eigenvalue weighted by atomic mass is 10.1. The van der Waals surface area contributed by atoms with Gasteiger partial charge in [0.15, 0.2) is 0 Å². The van der Waals surface area contributed by atoms with Crippen LogP contribution in [0.4, 0.5) is 5.69 Å². The summed E-state index contributed by atoms with van der Waals surface area (Å²) >= 11 is 12.2. The largest absolute Gasteiger partial charge is 0.354 e. The van der Waals surface area contributed by atoms with Crippen molar-refractivity contribution in [1.82, 2.24) is 10.2 Å². The van der Waals surface area contributed by atoms with E-state index in [0.717, 1.165) is 30.2 Å². The maximum Gasteiger partial charge on any atom is 0.242 e. The molecule has 204 valence electrons. The Morgan fingerprint density at radius 3 is 2.32 bits per heavy atom. The molecule has 0 bridgehead atoms. The Bertz CT molecular complexity index is 1170. The summed E-state index contributed by atoms with van der Waals surface area (Å²) in [4.78, 5) is 28.0. The van der Waals surface area contributed by atoms with Crippen molar-refractivity contribution in [2.45, 2.75) is 65.5 Å². The number of anilines is 1. The third-order valence-electron chi connectivity index (χ3n) is 6.09. The van der Waals surface area contributed by atoms with Crippen molar-refractivity contribution < 1.29 is 18.0 Å². The van der Waals surface area contributed by atoms with Gasteiger partial charge in [-0.15, -0.1) is 0 Å². The van der Waals surface area contributed by atoms with Gasteiger partial charge in [0.2, 0.25) is 21.8 Å². The number of nitrogens with one attached hydrogen (secondary N) is 1. The van der Waals surface area contributed by atoms with Gasteiger partial charge in [0, 0.05) is 26.1 Å². The van der Waals surface area contributed by atoms with Gasteiger partial charge in [-0.3, -0.25) is 13.9 Å². The van der Waals surface area contributed by atoms with E-state index < -0.39 is 16.1 Å². The van der Waals surface area contributed by atoms with E-state index in [1.165, 1.54) is 4.31 Å². The molecule has 1 unspecified atom stereocenters. The van der Waals surface area contributed by atoms with Crippen molar-refractivity contribution in [3.63, 3.8) is 0 Å². The van der Waals surface area contributed by atoms with Crippen molar-refractivity contribution in [1.29, 1.82) is 0 Å². The molecule has 2 amide bonds. The third kappa shape index (κ3) is 9.20. The number of nitrogens with zero attached hydrogens (tertiary/aromatic N) is 2. The zero-order valence-electron chi connectivity index (χ0n) is 22.0. The predicted octanol–water partition coefficient (Wildman–Crippen LogP) is 5.57. The highest BCUT2D eigenvalue weighted by molar-refractivity contribution is 7.92. The maximum absolute atomic E-state index is 13.5. The number of rotatable bonds is 14. The van der Waals surface area contributed by atoms with Gasteiger partial charge in [0.05, 0.1) is 22.0 Å². The lowest BCUT2D eigenvalue weighted by molar-refractivity contribution is -0.141. The van der Waals surface area contributed by atoms with Crippen molar-refractivity contribution in [2.24, 2.45) is 0 Å². The second-order valence-electron chi connectivity index (χ2n) is 9.06. The smallest absolute Gasteiger partial charge is 0.242 e. The Balaban J connectivity index is 2.23. The first kappa shape index (κ1) is 30.9. The number of halogens is 2. The molecule has 0 aliphatic heterocycles. The first-order chi connectivity index (χ1) is 17.5. The summed E-state index contributed by atoms with van der Waals surface area (Å²) < 4.78 is 26.4. The minimum Gasteiger partial charge on any atom is -0.354 e. The second-order valence-corrected chi connectivity index (χ2v) is 11.8. The number of unbranched alkanes of at least 4 members (excludes halogenated alkanes) is 1. The molecule has 0 aromatic heterocycles. The van der Waals surface area contributed by atoms with Crippen molar-refractivity contribution in [2.75, 3.05) is 23.7 Å². The van der Waals surface area contributed by atoms with Gasteiger partial charge >= 0.3 is 0 Å². The summed E-state index contributed by atoms with van der Waals surface area (Å²) in [7, 11) is -3.55. The normalized spacial score (nSPS) is 12.2. The van der Waals surface area contributed by atoms with Crippen molar-refractivity contribution >= 4 is 50.7 Å². The molecule has 2 aromatic carbocycles. The van der Waals surface area contributed by atoms with Crippen LogP contribution < -0.4 is 9.62 Å². The monoisotopic (exact) mass is 569 g/mol. The van der Waals surface area contributed by atoms with E-state index in [1.54, 1.807) is 35.2 Å². The summed E-state index contributed by atoms with van der Waals surface area (Å²) in [6.07, 6.45) is 3.77. The lowest BCUT2D eigenvalue weighted by Crippen LogP contribution is -2.49. The zero-order valence-corrected chi connectivity index (χ0v) is 24.3. The van der Waals surface area contributed by atoms with Crippen LogP contribution in [-0.2, 0) is 26.2 Å². The van der Waals surface area contributed by atoms with Crippen LogP contribution in [0.1, 0.15) is 57.1 Å². The number of amides is 2. The molecule has 0 aliphatic rings. The number of carbonyl (C=O) groups excluding carboxylic acids is 2. The van der Waals surface area contributed by atoms with Gasteiger partial charge in [-0.1, -0.05) is 67.7 Å². The number of para-hydroxylation sites is 1. The van der Waals surface area contributed by atoms with Crippen LogP contribution in [0.25, 0.3) is 0 Å². The molecule has 37 heavy (non-hydrogen) atoms. The van der Waals surface area contributed by atoms with Crippen molar-refractivity contribution in [3.8, 4) is 0 Å². The summed E-state index contributed by atoms with van der Waals surface area (Å²) in [5.41, 5.74) is 2.17. The summed E-state index contributed by atoms with van der Waals surface area (Å²) in [5.74, 6) is -0.441. The van der Waals surface area contributed by atoms with E-state index in [1.807, 2.05) is 32.9 Å². The number of benzene rings is 2. The summed E-state index contributed by atoms with van der Waals surface area (Å²) in [6, 6.07) is 11.7. The summed E-state index contributed by atoms with van der Waals surface area (Å²) in [5, 5.41) is 3.71. The molecule has 0 saturated carbocycles. The standard InChI is InChI=1S/C27H37Cl2N3O4S/c1-5-7-16-30-27(34)24(6-2)31(19-21-14-15-22(28)23(29)18-21)26(33)13-10-17-32(37(4,35)36)25-12-9-8-11-20(25)3/h8-9,11-12,14-15,18,24H,5-7,10,13,16-17,19H2,1-4H3,(H,30,34). The van der Waals surface area contributed by atoms with Gasteiger partial charge < -0.3 is 10.2 Å². The van der Waals surface area contributed by atoms with Crippen LogP contribution in [0.5, 0.6) is 0 Å².